The summed E-state index contributed by atoms with van der Waals surface area (Å²) in [4.78, 5) is 0. The van der Waals surface area contributed by atoms with Crippen molar-refractivity contribution in [2.24, 2.45) is 5.92 Å². The van der Waals surface area contributed by atoms with Crippen molar-refractivity contribution in [3.8, 4) is 0 Å². The number of aliphatic hydroxyl groups is 1. The van der Waals surface area contributed by atoms with Gasteiger partial charge in [-0.3, -0.25) is 0 Å². The molecule has 70 valence electrons. The van der Waals surface area contributed by atoms with Gasteiger partial charge in [0.15, 0.2) is 0 Å². The van der Waals surface area contributed by atoms with Crippen molar-refractivity contribution < 1.29 is 18.6 Å². The molecule has 0 aromatic carbocycles. The summed E-state index contributed by atoms with van der Waals surface area (Å²) in [5, 5.41) is 9.12. The van der Waals surface area contributed by atoms with E-state index in [0.29, 0.717) is 6.42 Å². The average molecular weight is 178 g/mol. The highest BCUT2D eigenvalue weighted by atomic mass is 19.3. The van der Waals surface area contributed by atoms with Crippen LogP contribution in [0.4, 0.5) is 8.78 Å². The molecule has 2 aliphatic rings. The fourth-order valence-electron chi connectivity index (χ4n) is 2.22. The predicted octanol–water partition coefficient (Wildman–Crippen LogP) is 1.18. The Kier molecular flexibility index (Phi) is 2.04. The van der Waals surface area contributed by atoms with Crippen LogP contribution in [0.2, 0.25) is 0 Å². The van der Waals surface area contributed by atoms with E-state index in [9.17, 15) is 8.78 Å². The minimum atomic E-state index is -2.63. The standard InChI is InChI=1S/C8H12F2O2/c9-8(10)7(11)5-3-4-1-2-6(5)12-4/h4-8,11H,1-3H2. The Morgan fingerprint density at radius 3 is 2.50 bits per heavy atom. The van der Waals surface area contributed by atoms with Gasteiger partial charge in [-0.1, -0.05) is 0 Å². The number of ether oxygens (including phenoxy) is 1. The number of hydrogen-bond acceptors (Lipinski definition) is 2. The van der Waals surface area contributed by atoms with Crippen molar-refractivity contribution in [3.63, 3.8) is 0 Å². The highest BCUT2D eigenvalue weighted by molar-refractivity contribution is 4.93. The molecular formula is C8H12F2O2. The third kappa shape index (κ3) is 1.23. The molecule has 4 atom stereocenters. The Hall–Kier alpha value is -0.220. The lowest BCUT2D eigenvalue weighted by molar-refractivity contribution is -0.0553. The SMILES string of the molecule is OC(C(F)F)C1CC2CCC1O2. The van der Waals surface area contributed by atoms with Crippen LogP contribution >= 0.6 is 0 Å². The minimum Gasteiger partial charge on any atom is -0.387 e. The molecule has 2 rings (SSSR count). The van der Waals surface area contributed by atoms with Crippen LogP contribution in [0.15, 0.2) is 0 Å². The van der Waals surface area contributed by atoms with Gasteiger partial charge in [0, 0.05) is 5.92 Å². The molecule has 2 saturated heterocycles. The number of alkyl halides is 2. The number of fused-ring (bicyclic) bond motifs is 2. The van der Waals surface area contributed by atoms with E-state index in [-0.39, 0.29) is 18.1 Å². The second-order valence-corrected chi connectivity index (χ2v) is 3.60. The normalized spacial score (nSPS) is 42.5. The maximum Gasteiger partial charge on any atom is 0.264 e. The molecule has 0 saturated carbocycles. The number of aliphatic hydroxyl groups excluding tert-OH is 1. The summed E-state index contributed by atoms with van der Waals surface area (Å²) in [6.45, 7) is 0. The van der Waals surface area contributed by atoms with E-state index in [2.05, 4.69) is 0 Å². The second-order valence-electron chi connectivity index (χ2n) is 3.60. The van der Waals surface area contributed by atoms with Gasteiger partial charge in [-0.2, -0.15) is 0 Å². The Balaban J connectivity index is 1.97. The molecule has 0 aromatic rings. The van der Waals surface area contributed by atoms with E-state index in [0.717, 1.165) is 12.8 Å². The molecule has 0 spiro atoms. The van der Waals surface area contributed by atoms with Gasteiger partial charge in [-0.15, -0.1) is 0 Å². The van der Waals surface area contributed by atoms with Crippen LogP contribution in [-0.4, -0.2) is 29.8 Å². The second kappa shape index (κ2) is 2.92. The topological polar surface area (TPSA) is 29.5 Å². The van der Waals surface area contributed by atoms with Crippen molar-refractivity contribution in [1.29, 1.82) is 0 Å². The Morgan fingerprint density at radius 1 is 1.33 bits per heavy atom. The Labute approximate surface area is 69.5 Å². The fourth-order valence-corrected chi connectivity index (χ4v) is 2.22. The Bertz CT molecular complexity index is 174. The van der Waals surface area contributed by atoms with Crippen LogP contribution in [0.1, 0.15) is 19.3 Å². The summed E-state index contributed by atoms with van der Waals surface area (Å²) in [6, 6.07) is 0. The average Bonchev–Trinajstić information content (AvgIpc) is 2.62. The summed E-state index contributed by atoms with van der Waals surface area (Å²) in [7, 11) is 0. The molecule has 2 fully saturated rings. The van der Waals surface area contributed by atoms with Gasteiger partial charge >= 0.3 is 0 Å². The molecule has 2 bridgehead atoms. The van der Waals surface area contributed by atoms with E-state index in [1.165, 1.54) is 0 Å². The molecular weight excluding hydrogens is 166 g/mol. The summed E-state index contributed by atoms with van der Waals surface area (Å²) in [5.41, 5.74) is 0. The summed E-state index contributed by atoms with van der Waals surface area (Å²) >= 11 is 0. The van der Waals surface area contributed by atoms with Crippen molar-refractivity contribution in [3.05, 3.63) is 0 Å². The van der Waals surface area contributed by atoms with Crippen molar-refractivity contribution in [2.75, 3.05) is 0 Å². The van der Waals surface area contributed by atoms with E-state index >= 15 is 0 Å². The lowest BCUT2D eigenvalue weighted by atomic mass is 9.85. The summed E-state index contributed by atoms with van der Waals surface area (Å²) < 4.78 is 29.6. The summed E-state index contributed by atoms with van der Waals surface area (Å²) in [6.07, 6.45) is -1.68. The van der Waals surface area contributed by atoms with Crippen LogP contribution in [0, 0.1) is 5.92 Å². The number of hydrogen-bond donors (Lipinski definition) is 1. The lowest BCUT2D eigenvalue weighted by Gasteiger charge is -2.23. The molecule has 0 aliphatic carbocycles. The smallest absolute Gasteiger partial charge is 0.264 e. The molecule has 4 heteroatoms. The quantitative estimate of drug-likeness (QED) is 0.688. The third-order valence-corrected chi connectivity index (χ3v) is 2.85. The third-order valence-electron chi connectivity index (χ3n) is 2.85. The lowest BCUT2D eigenvalue weighted by Crippen LogP contribution is -2.34. The van der Waals surface area contributed by atoms with Gasteiger partial charge < -0.3 is 9.84 Å². The molecule has 2 heterocycles. The van der Waals surface area contributed by atoms with Gasteiger partial charge in [-0.25, -0.2) is 8.78 Å². The van der Waals surface area contributed by atoms with Gasteiger partial charge in [-0.05, 0) is 19.3 Å². The predicted molar refractivity (Wildman–Crippen MR) is 38.0 cm³/mol. The number of rotatable bonds is 2. The van der Waals surface area contributed by atoms with Crippen LogP contribution in [0.5, 0.6) is 0 Å². The van der Waals surface area contributed by atoms with E-state index in [1.54, 1.807) is 0 Å². The fraction of sp³-hybridized carbons (Fsp3) is 1.00. The number of halogens is 2. The zero-order chi connectivity index (χ0) is 8.72. The van der Waals surface area contributed by atoms with Gasteiger partial charge in [0.2, 0.25) is 0 Å². The van der Waals surface area contributed by atoms with E-state index in [1.807, 2.05) is 0 Å². The molecule has 0 amide bonds. The van der Waals surface area contributed by atoms with Gasteiger partial charge in [0.1, 0.15) is 6.10 Å². The van der Waals surface area contributed by atoms with Crippen molar-refractivity contribution in [1.82, 2.24) is 0 Å². The van der Waals surface area contributed by atoms with Crippen LogP contribution in [-0.2, 0) is 4.74 Å². The van der Waals surface area contributed by atoms with Crippen molar-refractivity contribution >= 4 is 0 Å². The van der Waals surface area contributed by atoms with Crippen molar-refractivity contribution in [2.45, 2.75) is 44.0 Å². The van der Waals surface area contributed by atoms with Gasteiger partial charge in [0.25, 0.3) is 6.43 Å². The maximum absolute atomic E-state index is 12.1. The molecule has 12 heavy (non-hydrogen) atoms. The maximum atomic E-state index is 12.1. The first-order chi connectivity index (χ1) is 5.68. The zero-order valence-corrected chi connectivity index (χ0v) is 6.62. The van der Waals surface area contributed by atoms with E-state index in [4.69, 9.17) is 9.84 Å². The minimum absolute atomic E-state index is 0.112. The Morgan fingerprint density at radius 2 is 2.08 bits per heavy atom. The molecule has 0 aromatic heterocycles. The van der Waals surface area contributed by atoms with Crippen LogP contribution in [0.25, 0.3) is 0 Å². The molecule has 1 N–H and O–H groups in total. The first kappa shape index (κ1) is 8.38. The largest absolute Gasteiger partial charge is 0.387 e. The van der Waals surface area contributed by atoms with Crippen LogP contribution < -0.4 is 0 Å². The molecule has 0 radical (unpaired) electrons. The first-order valence-electron chi connectivity index (χ1n) is 4.30. The van der Waals surface area contributed by atoms with Gasteiger partial charge in [0.05, 0.1) is 12.2 Å². The highest BCUT2D eigenvalue weighted by Gasteiger charge is 2.46. The molecule has 2 nitrogen and oxygen atoms in total. The molecule has 2 aliphatic heterocycles. The van der Waals surface area contributed by atoms with Crippen LogP contribution in [0.3, 0.4) is 0 Å². The monoisotopic (exact) mass is 178 g/mol. The first-order valence-corrected chi connectivity index (χ1v) is 4.30. The van der Waals surface area contributed by atoms with E-state index < -0.39 is 12.5 Å². The highest BCUT2D eigenvalue weighted by Crippen LogP contribution is 2.41. The summed E-state index contributed by atoms with van der Waals surface area (Å²) in [5.74, 6) is -0.330. The molecule has 4 unspecified atom stereocenters. The zero-order valence-electron chi connectivity index (χ0n) is 6.62.